The molecule has 2 rings (SSSR count). The summed E-state index contributed by atoms with van der Waals surface area (Å²) < 4.78 is 5.63. The summed E-state index contributed by atoms with van der Waals surface area (Å²) in [6.07, 6.45) is 4.51. The van der Waals surface area contributed by atoms with Crippen LogP contribution in [0.3, 0.4) is 0 Å². The number of hydrogen-bond donors (Lipinski definition) is 2. The normalized spacial score (nSPS) is 17.2. The van der Waals surface area contributed by atoms with E-state index in [9.17, 15) is 4.79 Å². The van der Waals surface area contributed by atoms with Crippen molar-refractivity contribution in [3.05, 3.63) is 24.3 Å². The summed E-state index contributed by atoms with van der Waals surface area (Å²) in [6.45, 7) is 2.69. The van der Waals surface area contributed by atoms with Crippen LogP contribution in [0.1, 0.15) is 39.0 Å². The lowest BCUT2D eigenvalue weighted by molar-refractivity contribution is -0.121. The van der Waals surface area contributed by atoms with E-state index in [1.165, 1.54) is 0 Å². The highest BCUT2D eigenvalue weighted by atomic mass is 16.5. The summed E-state index contributed by atoms with van der Waals surface area (Å²) in [5, 5.41) is 2.91. The third kappa shape index (κ3) is 3.26. The lowest BCUT2D eigenvalue weighted by Gasteiger charge is -2.23. The SMILES string of the molecule is CCCOc1ccccc1NC(=O)C1(N)CCCC1. The van der Waals surface area contributed by atoms with Crippen LogP contribution in [0.2, 0.25) is 0 Å². The first kappa shape index (κ1) is 13.9. The Morgan fingerprint density at radius 2 is 2.05 bits per heavy atom. The molecule has 4 nitrogen and oxygen atoms in total. The standard InChI is InChI=1S/C15H22N2O2/c1-2-11-19-13-8-4-3-7-12(13)17-14(18)15(16)9-5-6-10-15/h3-4,7-8H,2,5-6,9-11,16H2,1H3,(H,17,18). The van der Waals surface area contributed by atoms with E-state index < -0.39 is 5.54 Å². The lowest BCUT2D eigenvalue weighted by atomic mass is 9.98. The van der Waals surface area contributed by atoms with E-state index in [4.69, 9.17) is 10.5 Å². The van der Waals surface area contributed by atoms with Gasteiger partial charge in [0, 0.05) is 0 Å². The van der Waals surface area contributed by atoms with E-state index in [2.05, 4.69) is 12.2 Å². The second-order valence-corrected chi connectivity index (χ2v) is 5.16. The maximum absolute atomic E-state index is 12.3. The number of anilines is 1. The van der Waals surface area contributed by atoms with Gasteiger partial charge in [-0.1, -0.05) is 31.9 Å². The van der Waals surface area contributed by atoms with Crippen molar-refractivity contribution in [2.75, 3.05) is 11.9 Å². The van der Waals surface area contributed by atoms with Gasteiger partial charge >= 0.3 is 0 Å². The quantitative estimate of drug-likeness (QED) is 0.857. The molecule has 1 fully saturated rings. The molecule has 0 bridgehead atoms. The largest absolute Gasteiger partial charge is 0.491 e. The third-order valence-electron chi connectivity index (χ3n) is 3.54. The summed E-state index contributed by atoms with van der Waals surface area (Å²) in [5.74, 6) is 0.608. The molecule has 0 radical (unpaired) electrons. The van der Waals surface area contributed by atoms with Crippen molar-refractivity contribution < 1.29 is 9.53 Å². The third-order valence-corrected chi connectivity index (χ3v) is 3.54. The molecule has 3 N–H and O–H groups in total. The van der Waals surface area contributed by atoms with Crippen molar-refractivity contribution in [2.24, 2.45) is 5.73 Å². The van der Waals surface area contributed by atoms with Crippen molar-refractivity contribution in [1.29, 1.82) is 0 Å². The fourth-order valence-corrected chi connectivity index (χ4v) is 2.39. The Bertz CT molecular complexity index is 440. The van der Waals surface area contributed by atoms with Gasteiger partial charge in [0.2, 0.25) is 5.91 Å². The molecule has 0 heterocycles. The number of benzene rings is 1. The number of para-hydroxylation sites is 2. The highest BCUT2D eigenvalue weighted by Gasteiger charge is 2.37. The number of amides is 1. The zero-order chi connectivity index (χ0) is 13.7. The molecular weight excluding hydrogens is 240 g/mol. The molecule has 0 aliphatic heterocycles. The number of nitrogens with two attached hydrogens (primary N) is 1. The van der Waals surface area contributed by atoms with Gasteiger partial charge in [-0.2, -0.15) is 0 Å². The predicted molar refractivity (Wildman–Crippen MR) is 76.2 cm³/mol. The van der Waals surface area contributed by atoms with Crippen molar-refractivity contribution in [3.63, 3.8) is 0 Å². The Kier molecular flexibility index (Phi) is 4.43. The minimum absolute atomic E-state index is 0.0995. The van der Waals surface area contributed by atoms with E-state index in [1.54, 1.807) is 0 Å². The van der Waals surface area contributed by atoms with Crippen LogP contribution < -0.4 is 15.8 Å². The zero-order valence-corrected chi connectivity index (χ0v) is 11.4. The predicted octanol–water partition coefficient (Wildman–Crippen LogP) is 2.69. The second kappa shape index (κ2) is 6.06. The molecule has 1 aromatic rings. The molecule has 0 unspecified atom stereocenters. The van der Waals surface area contributed by atoms with Crippen molar-refractivity contribution in [1.82, 2.24) is 0 Å². The van der Waals surface area contributed by atoms with E-state index in [1.807, 2.05) is 24.3 Å². The Morgan fingerprint density at radius 3 is 2.74 bits per heavy atom. The van der Waals surface area contributed by atoms with Crippen LogP contribution in [0.25, 0.3) is 0 Å². The summed E-state index contributed by atoms with van der Waals surface area (Å²) >= 11 is 0. The highest BCUT2D eigenvalue weighted by Crippen LogP contribution is 2.30. The van der Waals surface area contributed by atoms with E-state index in [0.29, 0.717) is 18.0 Å². The fraction of sp³-hybridized carbons (Fsp3) is 0.533. The number of rotatable bonds is 5. The van der Waals surface area contributed by atoms with Crippen LogP contribution >= 0.6 is 0 Å². The number of carbonyl (C=O) groups excluding carboxylic acids is 1. The Balaban J connectivity index is 2.07. The molecule has 1 amide bonds. The maximum atomic E-state index is 12.3. The van der Waals surface area contributed by atoms with Crippen LogP contribution in [-0.4, -0.2) is 18.1 Å². The minimum Gasteiger partial charge on any atom is -0.491 e. The first-order valence-electron chi connectivity index (χ1n) is 6.98. The molecular formula is C15H22N2O2. The van der Waals surface area contributed by atoms with Gasteiger partial charge in [-0.15, -0.1) is 0 Å². The summed E-state index contributed by atoms with van der Waals surface area (Å²) in [7, 11) is 0. The van der Waals surface area contributed by atoms with Gasteiger partial charge in [-0.05, 0) is 31.4 Å². The maximum Gasteiger partial charge on any atom is 0.244 e. The molecule has 19 heavy (non-hydrogen) atoms. The first-order chi connectivity index (χ1) is 9.15. The minimum atomic E-state index is -0.710. The van der Waals surface area contributed by atoms with Crippen molar-refractivity contribution in [2.45, 2.75) is 44.6 Å². The average molecular weight is 262 g/mol. The lowest BCUT2D eigenvalue weighted by Crippen LogP contribution is -2.48. The Morgan fingerprint density at radius 1 is 1.37 bits per heavy atom. The van der Waals surface area contributed by atoms with Crippen LogP contribution in [0.15, 0.2) is 24.3 Å². The number of carbonyl (C=O) groups is 1. The molecule has 0 saturated heterocycles. The number of hydrogen-bond acceptors (Lipinski definition) is 3. The second-order valence-electron chi connectivity index (χ2n) is 5.16. The Labute approximate surface area is 114 Å². The number of nitrogens with one attached hydrogen (secondary N) is 1. The van der Waals surface area contributed by atoms with Gasteiger partial charge < -0.3 is 15.8 Å². The monoisotopic (exact) mass is 262 g/mol. The molecule has 0 spiro atoms. The van der Waals surface area contributed by atoms with E-state index >= 15 is 0 Å². The molecule has 1 aromatic carbocycles. The van der Waals surface area contributed by atoms with Crippen LogP contribution in [0.5, 0.6) is 5.75 Å². The molecule has 0 aromatic heterocycles. The summed E-state index contributed by atoms with van der Waals surface area (Å²) in [4.78, 5) is 12.3. The average Bonchev–Trinajstić information content (AvgIpc) is 2.86. The molecule has 104 valence electrons. The van der Waals surface area contributed by atoms with Crippen LogP contribution in [-0.2, 0) is 4.79 Å². The summed E-state index contributed by atoms with van der Waals surface area (Å²) in [6, 6.07) is 7.49. The van der Waals surface area contributed by atoms with Gasteiger partial charge in [0.05, 0.1) is 17.8 Å². The van der Waals surface area contributed by atoms with Crippen LogP contribution in [0.4, 0.5) is 5.69 Å². The van der Waals surface area contributed by atoms with Crippen LogP contribution in [0, 0.1) is 0 Å². The smallest absolute Gasteiger partial charge is 0.244 e. The van der Waals surface area contributed by atoms with Gasteiger partial charge in [0.15, 0.2) is 0 Å². The first-order valence-corrected chi connectivity index (χ1v) is 6.98. The molecule has 1 aliphatic carbocycles. The topological polar surface area (TPSA) is 64.3 Å². The van der Waals surface area contributed by atoms with E-state index in [0.717, 1.165) is 32.1 Å². The van der Waals surface area contributed by atoms with Gasteiger partial charge in [-0.3, -0.25) is 4.79 Å². The molecule has 4 heteroatoms. The zero-order valence-electron chi connectivity index (χ0n) is 11.4. The van der Waals surface area contributed by atoms with E-state index in [-0.39, 0.29) is 5.91 Å². The molecule has 0 atom stereocenters. The Hall–Kier alpha value is -1.55. The molecule has 1 saturated carbocycles. The highest BCUT2D eigenvalue weighted by molar-refractivity contribution is 5.99. The van der Waals surface area contributed by atoms with Crippen molar-refractivity contribution >= 4 is 11.6 Å². The number of ether oxygens (including phenoxy) is 1. The fourth-order valence-electron chi connectivity index (χ4n) is 2.39. The molecule has 1 aliphatic rings. The van der Waals surface area contributed by atoms with Crippen molar-refractivity contribution in [3.8, 4) is 5.75 Å². The van der Waals surface area contributed by atoms with Gasteiger partial charge in [0.25, 0.3) is 0 Å². The summed E-state index contributed by atoms with van der Waals surface area (Å²) in [5.41, 5.74) is 6.14. The van der Waals surface area contributed by atoms with Gasteiger partial charge in [-0.25, -0.2) is 0 Å². The van der Waals surface area contributed by atoms with Gasteiger partial charge in [0.1, 0.15) is 5.75 Å².